The quantitative estimate of drug-likeness (QED) is 0.522. The van der Waals surface area contributed by atoms with Crippen molar-refractivity contribution in [1.82, 2.24) is 9.19 Å². The van der Waals surface area contributed by atoms with Crippen LogP contribution in [0.3, 0.4) is 0 Å². The van der Waals surface area contributed by atoms with Gasteiger partial charge in [0, 0.05) is 18.3 Å². The Kier molecular flexibility index (Phi) is 4.09. The van der Waals surface area contributed by atoms with Gasteiger partial charge in [0.15, 0.2) is 0 Å². The van der Waals surface area contributed by atoms with Crippen LogP contribution in [0, 0.1) is 10.1 Å². The largest absolute Gasteiger partial charge is 0.471 e. The van der Waals surface area contributed by atoms with Crippen molar-refractivity contribution < 1.29 is 9.66 Å². The van der Waals surface area contributed by atoms with Crippen molar-refractivity contribution in [3.05, 3.63) is 58.3 Å². The number of hydrogen-bond acceptors (Lipinski definition) is 5. The highest BCUT2D eigenvalue weighted by molar-refractivity contribution is 7.78. The molecule has 1 heterocycles. The lowest BCUT2D eigenvalue weighted by Gasteiger charge is -2.10. The minimum absolute atomic E-state index is 0.0100. The van der Waals surface area contributed by atoms with Crippen LogP contribution in [0.4, 0.5) is 5.69 Å². The predicted octanol–water partition coefficient (Wildman–Crippen LogP) is 3.10. The molecule has 0 amide bonds. The van der Waals surface area contributed by atoms with E-state index in [0.717, 1.165) is 5.57 Å². The molecule has 2 aromatic rings. The molecular weight excluding hydrogens is 278 g/mol. The number of nitro benzene ring substituents is 1. The van der Waals surface area contributed by atoms with Crippen molar-refractivity contribution in [3.63, 3.8) is 0 Å². The van der Waals surface area contributed by atoms with Crippen molar-refractivity contribution in [2.45, 2.75) is 13.5 Å². The van der Waals surface area contributed by atoms with Crippen LogP contribution >= 0.6 is 12.8 Å². The van der Waals surface area contributed by atoms with Gasteiger partial charge in [-0.2, -0.15) is 0 Å². The predicted molar refractivity (Wildman–Crippen MR) is 78.7 cm³/mol. The van der Waals surface area contributed by atoms with Crippen LogP contribution in [0.25, 0.3) is 5.57 Å². The summed E-state index contributed by atoms with van der Waals surface area (Å²) in [4.78, 5) is 10.7. The van der Waals surface area contributed by atoms with E-state index in [1.807, 2.05) is 0 Å². The van der Waals surface area contributed by atoms with E-state index in [1.165, 1.54) is 10.2 Å². The number of aromatic nitrogens is 2. The third kappa shape index (κ3) is 3.00. The molecule has 0 aliphatic carbocycles. The van der Waals surface area contributed by atoms with Gasteiger partial charge in [0.1, 0.15) is 6.61 Å². The van der Waals surface area contributed by atoms with Gasteiger partial charge < -0.3 is 4.74 Å². The summed E-state index contributed by atoms with van der Waals surface area (Å²) < 4.78 is 6.77. The average molecular weight is 291 g/mol. The molecule has 2 rings (SSSR count). The highest BCUT2D eigenvalue weighted by Crippen LogP contribution is 2.27. The molecule has 0 aliphatic rings. The lowest BCUT2D eigenvalue weighted by Crippen LogP contribution is -2.04. The van der Waals surface area contributed by atoms with Crippen LogP contribution < -0.4 is 4.74 Å². The Morgan fingerprint density at radius 2 is 2.30 bits per heavy atom. The lowest BCUT2D eigenvalue weighted by molar-refractivity contribution is -0.385. The average Bonchev–Trinajstić information content (AvgIpc) is 2.81. The van der Waals surface area contributed by atoms with Crippen LogP contribution in [0.5, 0.6) is 5.88 Å². The molecule has 0 saturated heterocycles. The number of nitro groups is 1. The molecule has 0 atom stereocenters. The molecule has 0 N–H and O–H groups in total. The zero-order valence-corrected chi connectivity index (χ0v) is 11.7. The summed E-state index contributed by atoms with van der Waals surface area (Å²) in [5.74, 6) is 0.353. The Morgan fingerprint density at radius 1 is 1.55 bits per heavy atom. The van der Waals surface area contributed by atoms with E-state index < -0.39 is 4.92 Å². The smallest absolute Gasteiger partial charge is 0.276 e. The minimum Gasteiger partial charge on any atom is -0.471 e. The first-order valence-corrected chi connectivity index (χ1v) is 6.19. The van der Waals surface area contributed by atoms with Gasteiger partial charge in [0.2, 0.25) is 5.88 Å². The Bertz CT molecular complexity index is 634. The maximum Gasteiger partial charge on any atom is 0.276 e. The van der Waals surface area contributed by atoms with Gasteiger partial charge in [-0.05, 0) is 25.3 Å². The second-order valence-electron chi connectivity index (χ2n) is 4.20. The van der Waals surface area contributed by atoms with Gasteiger partial charge in [-0.25, -0.2) is 4.09 Å². The SMILES string of the molecule is C=C(C)c1cccc([N+](=O)[O-])c1COc1ccn(S)n1. The topological polar surface area (TPSA) is 70.2 Å². The molecule has 0 fully saturated rings. The van der Waals surface area contributed by atoms with E-state index in [0.29, 0.717) is 17.0 Å². The number of hydrogen-bond donors (Lipinski definition) is 1. The van der Waals surface area contributed by atoms with Crippen molar-refractivity contribution in [2.24, 2.45) is 0 Å². The zero-order chi connectivity index (χ0) is 14.7. The fourth-order valence-corrected chi connectivity index (χ4v) is 1.97. The second kappa shape index (κ2) is 5.79. The molecule has 0 saturated carbocycles. The van der Waals surface area contributed by atoms with Crippen molar-refractivity contribution >= 4 is 24.1 Å². The molecule has 0 spiro atoms. The van der Waals surface area contributed by atoms with Gasteiger partial charge >= 0.3 is 0 Å². The maximum atomic E-state index is 11.1. The molecule has 0 radical (unpaired) electrons. The molecule has 0 aliphatic heterocycles. The van der Waals surface area contributed by atoms with Gasteiger partial charge in [-0.1, -0.05) is 24.3 Å². The second-order valence-corrected chi connectivity index (χ2v) is 4.61. The normalized spacial score (nSPS) is 10.3. The Labute approximate surface area is 121 Å². The van der Waals surface area contributed by atoms with Crippen molar-refractivity contribution in [3.8, 4) is 5.88 Å². The zero-order valence-electron chi connectivity index (χ0n) is 10.8. The number of rotatable bonds is 5. The third-order valence-electron chi connectivity index (χ3n) is 2.72. The summed E-state index contributed by atoms with van der Waals surface area (Å²) in [5, 5.41) is 15.0. The van der Waals surface area contributed by atoms with E-state index in [1.54, 1.807) is 31.3 Å². The molecule has 6 nitrogen and oxygen atoms in total. The van der Waals surface area contributed by atoms with Crippen molar-refractivity contribution in [2.75, 3.05) is 0 Å². The number of ether oxygens (including phenoxy) is 1. The maximum absolute atomic E-state index is 11.1. The molecule has 104 valence electrons. The Morgan fingerprint density at radius 3 is 2.85 bits per heavy atom. The van der Waals surface area contributed by atoms with Gasteiger partial charge in [0.05, 0.1) is 10.5 Å². The molecular formula is C13H13N3O3S. The first kappa shape index (κ1) is 14.1. The van der Waals surface area contributed by atoms with Gasteiger partial charge in [0.25, 0.3) is 5.69 Å². The molecule has 1 aromatic heterocycles. The van der Waals surface area contributed by atoms with E-state index in [-0.39, 0.29) is 12.3 Å². The third-order valence-corrected chi connectivity index (χ3v) is 2.95. The van der Waals surface area contributed by atoms with E-state index >= 15 is 0 Å². The van der Waals surface area contributed by atoms with Gasteiger partial charge in [-0.3, -0.25) is 10.1 Å². The summed E-state index contributed by atoms with van der Waals surface area (Å²) >= 11 is 3.99. The first-order chi connectivity index (χ1) is 9.49. The fourth-order valence-electron chi connectivity index (χ4n) is 1.82. The minimum atomic E-state index is -0.428. The molecule has 0 bridgehead atoms. The highest BCUT2D eigenvalue weighted by atomic mass is 32.1. The monoisotopic (exact) mass is 291 g/mol. The lowest BCUT2D eigenvalue weighted by atomic mass is 10.0. The summed E-state index contributed by atoms with van der Waals surface area (Å²) in [6, 6.07) is 6.49. The van der Waals surface area contributed by atoms with Crippen LogP contribution in [-0.2, 0) is 6.61 Å². The van der Waals surface area contributed by atoms with Gasteiger partial charge in [-0.15, -0.1) is 5.10 Å². The molecule has 20 heavy (non-hydrogen) atoms. The standard InChI is InChI=1S/C13H13N3O3S/c1-9(2)10-4-3-5-12(16(17)18)11(10)8-19-13-6-7-15(20)14-13/h3-7,20H,1,8H2,2H3. The van der Waals surface area contributed by atoms with E-state index in [9.17, 15) is 10.1 Å². The van der Waals surface area contributed by atoms with Crippen LogP contribution in [0.1, 0.15) is 18.1 Å². The van der Waals surface area contributed by atoms with Crippen LogP contribution in [-0.4, -0.2) is 14.1 Å². The summed E-state index contributed by atoms with van der Waals surface area (Å²) in [5.41, 5.74) is 1.95. The number of nitrogens with zero attached hydrogens (tertiary/aromatic N) is 3. The summed E-state index contributed by atoms with van der Waals surface area (Å²) in [7, 11) is 0. The highest BCUT2D eigenvalue weighted by Gasteiger charge is 2.18. The number of allylic oxidation sites excluding steroid dienone is 1. The first-order valence-electron chi connectivity index (χ1n) is 5.79. The van der Waals surface area contributed by atoms with E-state index in [4.69, 9.17) is 4.74 Å². The Balaban J connectivity index is 2.32. The number of thiol groups is 1. The molecule has 0 unspecified atom stereocenters. The summed E-state index contributed by atoms with van der Waals surface area (Å²) in [6.45, 7) is 5.68. The number of benzene rings is 1. The van der Waals surface area contributed by atoms with Crippen LogP contribution in [0.15, 0.2) is 37.0 Å². The Hall–Kier alpha value is -2.28. The van der Waals surface area contributed by atoms with Crippen LogP contribution in [0.2, 0.25) is 0 Å². The summed E-state index contributed by atoms with van der Waals surface area (Å²) in [6.07, 6.45) is 1.61. The molecule has 7 heteroatoms. The van der Waals surface area contributed by atoms with E-state index in [2.05, 4.69) is 24.5 Å². The fraction of sp³-hybridized carbons (Fsp3) is 0.154. The molecule has 1 aromatic carbocycles. The van der Waals surface area contributed by atoms with Crippen molar-refractivity contribution in [1.29, 1.82) is 0 Å².